The van der Waals surface area contributed by atoms with Gasteiger partial charge >= 0.3 is 0 Å². The number of benzene rings is 2. The second-order valence-electron chi connectivity index (χ2n) is 7.23. The second-order valence-corrected chi connectivity index (χ2v) is 7.23. The molecular formula is C22H25N. The SMILES string of the molecule is C[C@@H]1CN(C(c2ccccc2)c2ccccc2)C[C@]12C=CCC2. The van der Waals surface area contributed by atoms with Crippen molar-refractivity contribution >= 4 is 0 Å². The predicted molar refractivity (Wildman–Crippen MR) is 96.3 cm³/mol. The van der Waals surface area contributed by atoms with Crippen LogP contribution < -0.4 is 0 Å². The van der Waals surface area contributed by atoms with E-state index in [0.29, 0.717) is 11.5 Å². The molecule has 1 heterocycles. The topological polar surface area (TPSA) is 3.24 Å². The van der Waals surface area contributed by atoms with Gasteiger partial charge in [0.1, 0.15) is 0 Å². The molecule has 1 heteroatoms. The summed E-state index contributed by atoms with van der Waals surface area (Å²) in [6, 6.07) is 22.3. The van der Waals surface area contributed by atoms with E-state index >= 15 is 0 Å². The zero-order chi connectivity index (χ0) is 15.7. The van der Waals surface area contributed by atoms with Gasteiger partial charge < -0.3 is 0 Å². The van der Waals surface area contributed by atoms with Crippen molar-refractivity contribution in [2.45, 2.75) is 25.8 Å². The minimum atomic E-state index is 0.369. The zero-order valence-corrected chi connectivity index (χ0v) is 13.9. The molecule has 1 fully saturated rings. The van der Waals surface area contributed by atoms with Crippen molar-refractivity contribution < 1.29 is 0 Å². The summed E-state index contributed by atoms with van der Waals surface area (Å²) in [6.07, 6.45) is 7.46. The van der Waals surface area contributed by atoms with Crippen LogP contribution in [0, 0.1) is 11.3 Å². The molecule has 1 aliphatic heterocycles. The largest absolute Gasteiger partial charge is 0.291 e. The molecule has 0 saturated carbocycles. The van der Waals surface area contributed by atoms with Gasteiger partial charge in [-0.25, -0.2) is 0 Å². The van der Waals surface area contributed by atoms with Crippen LogP contribution in [0.1, 0.15) is 36.9 Å². The molecular weight excluding hydrogens is 278 g/mol. The lowest BCUT2D eigenvalue weighted by molar-refractivity contribution is 0.249. The molecule has 2 aliphatic rings. The molecule has 0 aromatic heterocycles. The molecule has 0 radical (unpaired) electrons. The maximum absolute atomic E-state index is 2.70. The highest BCUT2D eigenvalue weighted by Crippen LogP contribution is 2.48. The van der Waals surface area contributed by atoms with E-state index < -0.39 is 0 Å². The van der Waals surface area contributed by atoms with Crippen LogP contribution in [-0.2, 0) is 0 Å². The molecule has 0 N–H and O–H groups in total. The Kier molecular flexibility index (Phi) is 3.82. The molecule has 23 heavy (non-hydrogen) atoms. The molecule has 2 aromatic carbocycles. The lowest BCUT2D eigenvalue weighted by Gasteiger charge is -2.30. The van der Waals surface area contributed by atoms with E-state index in [0.717, 1.165) is 5.92 Å². The molecule has 2 aromatic rings. The van der Waals surface area contributed by atoms with E-state index in [4.69, 9.17) is 0 Å². The van der Waals surface area contributed by atoms with E-state index in [9.17, 15) is 0 Å². The summed E-state index contributed by atoms with van der Waals surface area (Å²) in [5.41, 5.74) is 3.22. The standard InChI is InChI=1S/C22H25N/c1-18-16-23(17-22(18)14-8-9-15-22)21(19-10-4-2-5-11-19)20-12-6-3-7-13-20/h2-8,10-14,18,21H,9,15-17H2,1H3/t18-,22-/m1/s1. The van der Waals surface area contributed by atoms with E-state index in [1.54, 1.807) is 0 Å². The molecule has 0 bridgehead atoms. The van der Waals surface area contributed by atoms with Gasteiger partial charge in [-0.15, -0.1) is 0 Å². The fourth-order valence-corrected chi connectivity index (χ4v) is 4.51. The lowest BCUT2D eigenvalue weighted by Crippen LogP contribution is -2.30. The Hall–Kier alpha value is -1.86. The quantitative estimate of drug-likeness (QED) is 0.716. The van der Waals surface area contributed by atoms with Gasteiger partial charge in [-0.3, -0.25) is 4.90 Å². The van der Waals surface area contributed by atoms with Crippen molar-refractivity contribution in [3.8, 4) is 0 Å². The van der Waals surface area contributed by atoms with Crippen LogP contribution in [0.15, 0.2) is 72.8 Å². The monoisotopic (exact) mass is 303 g/mol. The van der Waals surface area contributed by atoms with Crippen molar-refractivity contribution in [3.63, 3.8) is 0 Å². The summed E-state index contributed by atoms with van der Waals surface area (Å²) >= 11 is 0. The van der Waals surface area contributed by atoms with Gasteiger partial charge in [0.2, 0.25) is 0 Å². The molecule has 1 nitrogen and oxygen atoms in total. The first-order valence-corrected chi connectivity index (χ1v) is 8.80. The van der Waals surface area contributed by atoms with Crippen molar-refractivity contribution in [1.29, 1.82) is 0 Å². The fraction of sp³-hybridized carbons (Fsp3) is 0.364. The Bertz CT molecular complexity index is 636. The smallest absolute Gasteiger partial charge is 0.0602 e. The normalized spacial score (nSPS) is 27.3. The number of likely N-dealkylation sites (tertiary alicyclic amines) is 1. The van der Waals surface area contributed by atoms with Crippen molar-refractivity contribution in [2.75, 3.05) is 13.1 Å². The minimum absolute atomic E-state index is 0.369. The maximum atomic E-state index is 2.70. The van der Waals surface area contributed by atoms with Crippen LogP contribution in [0.4, 0.5) is 0 Å². The molecule has 2 atom stereocenters. The highest BCUT2D eigenvalue weighted by atomic mass is 15.2. The molecule has 1 aliphatic carbocycles. The average molecular weight is 303 g/mol. The Morgan fingerprint density at radius 3 is 2.09 bits per heavy atom. The first-order valence-electron chi connectivity index (χ1n) is 8.80. The third kappa shape index (κ3) is 2.64. The van der Waals surface area contributed by atoms with Gasteiger partial charge in [0, 0.05) is 18.5 Å². The fourth-order valence-electron chi connectivity index (χ4n) is 4.51. The van der Waals surface area contributed by atoms with E-state index in [1.807, 2.05) is 0 Å². The highest BCUT2D eigenvalue weighted by molar-refractivity contribution is 5.33. The van der Waals surface area contributed by atoms with Gasteiger partial charge in [0.15, 0.2) is 0 Å². The summed E-state index contributed by atoms with van der Waals surface area (Å²) in [4.78, 5) is 2.70. The maximum Gasteiger partial charge on any atom is 0.0602 e. The summed E-state index contributed by atoms with van der Waals surface area (Å²) in [7, 11) is 0. The number of nitrogens with zero attached hydrogens (tertiary/aromatic N) is 1. The summed E-state index contributed by atoms with van der Waals surface area (Å²) in [5, 5.41) is 0. The summed E-state index contributed by atoms with van der Waals surface area (Å²) in [6.45, 7) is 4.79. The Morgan fingerprint density at radius 1 is 0.957 bits per heavy atom. The number of rotatable bonds is 3. The van der Waals surface area contributed by atoms with Crippen LogP contribution in [-0.4, -0.2) is 18.0 Å². The van der Waals surface area contributed by atoms with E-state index in [1.165, 1.54) is 37.1 Å². The Morgan fingerprint density at radius 2 is 1.57 bits per heavy atom. The van der Waals surface area contributed by atoms with Gasteiger partial charge in [0.05, 0.1) is 6.04 Å². The third-order valence-corrected chi connectivity index (χ3v) is 5.81. The average Bonchev–Trinajstić information content (AvgIpc) is 3.18. The van der Waals surface area contributed by atoms with Crippen molar-refractivity contribution in [1.82, 2.24) is 4.90 Å². The van der Waals surface area contributed by atoms with Gasteiger partial charge in [0.25, 0.3) is 0 Å². The predicted octanol–water partition coefficient (Wildman–Crippen LogP) is 5.06. The first-order chi connectivity index (χ1) is 11.3. The lowest BCUT2D eigenvalue weighted by atomic mass is 9.79. The van der Waals surface area contributed by atoms with Crippen molar-refractivity contribution in [2.24, 2.45) is 11.3 Å². The molecule has 4 rings (SSSR count). The second kappa shape index (κ2) is 5.98. The molecule has 0 unspecified atom stereocenters. The summed E-state index contributed by atoms with van der Waals surface area (Å²) < 4.78 is 0. The first kappa shape index (κ1) is 14.7. The minimum Gasteiger partial charge on any atom is -0.291 e. The van der Waals surface area contributed by atoms with Crippen LogP contribution in [0.5, 0.6) is 0 Å². The number of hydrogen-bond acceptors (Lipinski definition) is 1. The molecule has 118 valence electrons. The Labute approximate surface area is 139 Å². The van der Waals surface area contributed by atoms with Gasteiger partial charge in [-0.1, -0.05) is 79.7 Å². The third-order valence-electron chi connectivity index (χ3n) is 5.81. The van der Waals surface area contributed by atoms with E-state index in [-0.39, 0.29) is 0 Å². The number of hydrogen-bond donors (Lipinski definition) is 0. The van der Waals surface area contributed by atoms with Crippen LogP contribution in [0.25, 0.3) is 0 Å². The van der Waals surface area contributed by atoms with E-state index in [2.05, 4.69) is 84.6 Å². The highest BCUT2D eigenvalue weighted by Gasteiger charge is 2.45. The molecule has 1 spiro atoms. The van der Waals surface area contributed by atoms with Gasteiger partial charge in [-0.2, -0.15) is 0 Å². The van der Waals surface area contributed by atoms with Crippen LogP contribution in [0.3, 0.4) is 0 Å². The molecule has 0 amide bonds. The Balaban J connectivity index is 1.71. The number of allylic oxidation sites excluding steroid dienone is 1. The molecule has 1 saturated heterocycles. The van der Waals surface area contributed by atoms with Crippen LogP contribution in [0.2, 0.25) is 0 Å². The van der Waals surface area contributed by atoms with Crippen molar-refractivity contribution in [3.05, 3.63) is 83.9 Å². The zero-order valence-electron chi connectivity index (χ0n) is 13.9. The summed E-state index contributed by atoms with van der Waals surface area (Å²) in [5.74, 6) is 0.733. The van der Waals surface area contributed by atoms with Gasteiger partial charge in [-0.05, 0) is 29.9 Å². The van der Waals surface area contributed by atoms with Crippen LogP contribution >= 0.6 is 0 Å².